The molecule has 52 valence electrons. The largest absolute Gasteiger partial charge is 0.0822 e. The summed E-state index contributed by atoms with van der Waals surface area (Å²) in [6, 6.07) is 0. The standard InChI is InChI=1S/C9H16/c1-4-7(2)5-9-6-8(9)3/h5,8-9H,4,6H2,1-3H3. The molecule has 0 spiro atoms. The maximum absolute atomic E-state index is 2.44. The number of allylic oxidation sites excluding steroid dienone is 2. The predicted octanol–water partition coefficient (Wildman–Crippen LogP) is 3.00. The van der Waals surface area contributed by atoms with Gasteiger partial charge in [0.25, 0.3) is 0 Å². The molecular formula is C9H16. The molecule has 0 amide bonds. The van der Waals surface area contributed by atoms with Crippen LogP contribution in [0.15, 0.2) is 11.6 Å². The Morgan fingerprint density at radius 2 is 2.22 bits per heavy atom. The molecule has 0 bridgehead atoms. The second kappa shape index (κ2) is 2.55. The second-order valence-corrected chi connectivity index (χ2v) is 3.24. The van der Waals surface area contributed by atoms with Gasteiger partial charge in [0.15, 0.2) is 0 Å². The van der Waals surface area contributed by atoms with Gasteiger partial charge >= 0.3 is 0 Å². The summed E-state index contributed by atoms with van der Waals surface area (Å²) < 4.78 is 0. The first-order valence-electron chi connectivity index (χ1n) is 3.91. The summed E-state index contributed by atoms with van der Waals surface area (Å²) in [6.45, 7) is 6.77. The van der Waals surface area contributed by atoms with Crippen LogP contribution in [0.25, 0.3) is 0 Å². The van der Waals surface area contributed by atoms with Gasteiger partial charge in [0.05, 0.1) is 0 Å². The van der Waals surface area contributed by atoms with Crippen LogP contribution in [0.3, 0.4) is 0 Å². The summed E-state index contributed by atoms with van der Waals surface area (Å²) in [5.74, 6) is 1.91. The molecule has 0 aromatic heterocycles. The maximum Gasteiger partial charge on any atom is -0.0202 e. The molecule has 2 atom stereocenters. The normalized spacial score (nSPS) is 34.8. The van der Waals surface area contributed by atoms with Gasteiger partial charge in [-0.3, -0.25) is 0 Å². The summed E-state index contributed by atoms with van der Waals surface area (Å²) in [5.41, 5.74) is 1.56. The first-order chi connectivity index (χ1) is 4.24. The molecule has 1 rings (SSSR count). The molecule has 0 nitrogen and oxygen atoms in total. The zero-order valence-electron chi connectivity index (χ0n) is 6.65. The van der Waals surface area contributed by atoms with Crippen molar-refractivity contribution < 1.29 is 0 Å². The molecule has 0 radical (unpaired) electrons. The fourth-order valence-electron chi connectivity index (χ4n) is 1.07. The molecule has 1 saturated carbocycles. The smallest absolute Gasteiger partial charge is 0.0202 e. The Bertz CT molecular complexity index is 122. The fraction of sp³-hybridized carbons (Fsp3) is 0.778. The maximum atomic E-state index is 2.44. The number of hydrogen-bond donors (Lipinski definition) is 0. The molecular weight excluding hydrogens is 108 g/mol. The van der Waals surface area contributed by atoms with Gasteiger partial charge in [0, 0.05) is 0 Å². The third kappa shape index (κ3) is 1.85. The van der Waals surface area contributed by atoms with Crippen LogP contribution in [0.2, 0.25) is 0 Å². The van der Waals surface area contributed by atoms with Crippen molar-refractivity contribution in [3.63, 3.8) is 0 Å². The highest BCUT2D eigenvalue weighted by Crippen LogP contribution is 2.39. The van der Waals surface area contributed by atoms with Crippen LogP contribution in [-0.2, 0) is 0 Å². The first-order valence-corrected chi connectivity index (χ1v) is 3.91. The Balaban J connectivity index is 2.31. The monoisotopic (exact) mass is 124 g/mol. The lowest BCUT2D eigenvalue weighted by molar-refractivity contribution is 0.884. The van der Waals surface area contributed by atoms with Crippen molar-refractivity contribution in [2.24, 2.45) is 11.8 Å². The molecule has 0 heterocycles. The summed E-state index contributed by atoms with van der Waals surface area (Å²) in [6.07, 6.45) is 5.09. The van der Waals surface area contributed by atoms with Crippen LogP contribution in [-0.4, -0.2) is 0 Å². The van der Waals surface area contributed by atoms with Gasteiger partial charge in [-0.25, -0.2) is 0 Å². The topological polar surface area (TPSA) is 0 Å². The molecule has 0 aromatic carbocycles. The fourth-order valence-corrected chi connectivity index (χ4v) is 1.07. The third-order valence-corrected chi connectivity index (χ3v) is 2.23. The van der Waals surface area contributed by atoms with Crippen LogP contribution in [0.1, 0.15) is 33.6 Å². The molecule has 0 heteroatoms. The van der Waals surface area contributed by atoms with E-state index in [9.17, 15) is 0 Å². The first kappa shape index (κ1) is 6.85. The average Bonchev–Trinajstić information content (AvgIpc) is 2.47. The molecule has 1 aliphatic carbocycles. The minimum Gasteiger partial charge on any atom is -0.0822 e. The number of hydrogen-bond acceptors (Lipinski definition) is 0. The lowest BCUT2D eigenvalue weighted by atomic mass is 10.2. The Kier molecular flexibility index (Phi) is 1.94. The van der Waals surface area contributed by atoms with Gasteiger partial charge in [-0.15, -0.1) is 0 Å². The van der Waals surface area contributed by atoms with Crippen molar-refractivity contribution in [2.45, 2.75) is 33.6 Å². The Morgan fingerprint density at radius 3 is 2.56 bits per heavy atom. The SMILES string of the molecule is CCC(C)=CC1CC1C. The van der Waals surface area contributed by atoms with Gasteiger partial charge in [-0.2, -0.15) is 0 Å². The van der Waals surface area contributed by atoms with Crippen LogP contribution in [0.4, 0.5) is 0 Å². The van der Waals surface area contributed by atoms with E-state index >= 15 is 0 Å². The molecule has 0 aliphatic heterocycles. The van der Waals surface area contributed by atoms with Gasteiger partial charge in [0.2, 0.25) is 0 Å². The van der Waals surface area contributed by atoms with Crippen LogP contribution in [0, 0.1) is 11.8 Å². The van der Waals surface area contributed by atoms with E-state index in [-0.39, 0.29) is 0 Å². The van der Waals surface area contributed by atoms with Crippen molar-refractivity contribution in [2.75, 3.05) is 0 Å². The van der Waals surface area contributed by atoms with E-state index < -0.39 is 0 Å². The summed E-state index contributed by atoms with van der Waals surface area (Å²) in [5, 5.41) is 0. The molecule has 0 saturated heterocycles. The van der Waals surface area contributed by atoms with E-state index in [4.69, 9.17) is 0 Å². The zero-order valence-corrected chi connectivity index (χ0v) is 6.65. The van der Waals surface area contributed by atoms with Crippen molar-refractivity contribution in [3.8, 4) is 0 Å². The molecule has 2 unspecified atom stereocenters. The lowest BCUT2D eigenvalue weighted by Gasteiger charge is -1.91. The minimum atomic E-state index is 0.935. The van der Waals surface area contributed by atoms with E-state index in [0.29, 0.717) is 0 Å². The van der Waals surface area contributed by atoms with E-state index in [1.165, 1.54) is 12.8 Å². The summed E-state index contributed by atoms with van der Waals surface area (Å²) >= 11 is 0. The van der Waals surface area contributed by atoms with Crippen molar-refractivity contribution in [1.29, 1.82) is 0 Å². The quantitative estimate of drug-likeness (QED) is 0.496. The van der Waals surface area contributed by atoms with Gasteiger partial charge in [-0.1, -0.05) is 25.5 Å². The van der Waals surface area contributed by atoms with Crippen LogP contribution >= 0.6 is 0 Å². The van der Waals surface area contributed by atoms with E-state index in [0.717, 1.165) is 11.8 Å². The van der Waals surface area contributed by atoms with Crippen LogP contribution in [0.5, 0.6) is 0 Å². The molecule has 0 aromatic rings. The lowest BCUT2D eigenvalue weighted by Crippen LogP contribution is -1.75. The van der Waals surface area contributed by atoms with Crippen molar-refractivity contribution >= 4 is 0 Å². The Morgan fingerprint density at radius 1 is 1.67 bits per heavy atom. The predicted molar refractivity (Wildman–Crippen MR) is 41.3 cm³/mol. The Hall–Kier alpha value is -0.260. The molecule has 9 heavy (non-hydrogen) atoms. The Labute approximate surface area is 58.0 Å². The van der Waals surface area contributed by atoms with E-state index in [2.05, 4.69) is 26.8 Å². The summed E-state index contributed by atoms with van der Waals surface area (Å²) in [4.78, 5) is 0. The minimum absolute atomic E-state index is 0.935. The summed E-state index contributed by atoms with van der Waals surface area (Å²) in [7, 11) is 0. The zero-order chi connectivity index (χ0) is 6.85. The van der Waals surface area contributed by atoms with Crippen molar-refractivity contribution in [3.05, 3.63) is 11.6 Å². The molecule has 1 fully saturated rings. The van der Waals surface area contributed by atoms with Crippen molar-refractivity contribution in [1.82, 2.24) is 0 Å². The molecule has 0 N–H and O–H groups in total. The highest BCUT2D eigenvalue weighted by atomic mass is 14.3. The highest BCUT2D eigenvalue weighted by Gasteiger charge is 2.29. The third-order valence-electron chi connectivity index (χ3n) is 2.23. The number of rotatable bonds is 2. The van der Waals surface area contributed by atoms with Gasteiger partial charge in [0.1, 0.15) is 0 Å². The van der Waals surface area contributed by atoms with E-state index in [1.807, 2.05) is 0 Å². The highest BCUT2D eigenvalue weighted by molar-refractivity contribution is 5.07. The van der Waals surface area contributed by atoms with Gasteiger partial charge in [-0.05, 0) is 31.6 Å². The van der Waals surface area contributed by atoms with Crippen LogP contribution < -0.4 is 0 Å². The average molecular weight is 124 g/mol. The molecule has 1 aliphatic rings. The van der Waals surface area contributed by atoms with Gasteiger partial charge < -0.3 is 0 Å². The second-order valence-electron chi connectivity index (χ2n) is 3.24. The van der Waals surface area contributed by atoms with E-state index in [1.54, 1.807) is 5.57 Å².